The number of carbonyl (C=O) groups excluding carboxylic acids is 1. The van der Waals surface area contributed by atoms with Gasteiger partial charge in [-0.1, -0.05) is 13.8 Å². The van der Waals surface area contributed by atoms with Crippen molar-refractivity contribution in [2.24, 2.45) is 5.92 Å². The van der Waals surface area contributed by atoms with Crippen LogP contribution >= 0.6 is 11.8 Å². The van der Waals surface area contributed by atoms with E-state index in [9.17, 15) is 4.79 Å². The number of aliphatic hydroxyl groups is 1. The molecule has 3 nitrogen and oxygen atoms in total. The van der Waals surface area contributed by atoms with Crippen molar-refractivity contribution < 1.29 is 14.6 Å². The Bertz CT molecular complexity index is 150. The molecule has 0 rings (SSSR count). The predicted molar refractivity (Wildman–Crippen MR) is 54.8 cm³/mol. The molecular formula is C9H18O3S. The third-order valence-electron chi connectivity index (χ3n) is 1.58. The summed E-state index contributed by atoms with van der Waals surface area (Å²) in [5.74, 6) is 0.472. The van der Waals surface area contributed by atoms with Crippen molar-refractivity contribution >= 4 is 17.7 Å². The molecule has 4 heteroatoms. The van der Waals surface area contributed by atoms with E-state index in [4.69, 9.17) is 9.84 Å². The molecule has 0 aromatic heterocycles. The van der Waals surface area contributed by atoms with Crippen molar-refractivity contribution in [3.8, 4) is 0 Å². The summed E-state index contributed by atoms with van der Waals surface area (Å²) in [7, 11) is 0. The fourth-order valence-electron chi connectivity index (χ4n) is 0.714. The van der Waals surface area contributed by atoms with E-state index in [1.165, 1.54) is 0 Å². The molecule has 0 saturated carbocycles. The molecule has 0 aliphatic rings. The average Bonchev–Trinajstić information content (AvgIpc) is 2.13. The number of hydrogen-bond acceptors (Lipinski definition) is 4. The van der Waals surface area contributed by atoms with Crippen molar-refractivity contribution in [3.05, 3.63) is 0 Å². The van der Waals surface area contributed by atoms with Gasteiger partial charge in [-0.15, -0.1) is 0 Å². The summed E-state index contributed by atoms with van der Waals surface area (Å²) in [6.45, 7) is 6.16. The number of thioether (sulfide) groups is 1. The van der Waals surface area contributed by atoms with Gasteiger partial charge < -0.3 is 9.84 Å². The van der Waals surface area contributed by atoms with Crippen LogP contribution in [0.4, 0.5) is 0 Å². The fraction of sp³-hybridized carbons (Fsp3) is 0.889. The van der Waals surface area contributed by atoms with E-state index >= 15 is 0 Å². The van der Waals surface area contributed by atoms with Crippen molar-refractivity contribution in [2.45, 2.75) is 26.0 Å². The minimum atomic E-state index is -0.153. The minimum absolute atomic E-state index is 0.0843. The zero-order chi connectivity index (χ0) is 10.3. The normalized spacial score (nSPS) is 15.1. The molecule has 0 bridgehead atoms. The van der Waals surface area contributed by atoms with Gasteiger partial charge in [0.1, 0.15) is 0 Å². The predicted octanol–water partition coefficient (Wildman–Crippen LogP) is 1.30. The third kappa shape index (κ3) is 5.93. The van der Waals surface area contributed by atoms with Crippen LogP contribution < -0.4 is 0 Å². The first kappa shape index (κ1) is 12.8. The molecule has 2 unspecified atom stereocenters. The number of hydrogen-bond donors (Lipinski definition) is 1. The molecule has 0 saturated heterocycles. The van der Waals surface area contributed by atoms with E-state index in [0.29, 0.717) is 12.4 Å². The highest BCUT2D eigenvalue weighted by molar-refractivity contribution is 7.99. The molecule has 0 spiro atoms. The molecule has 0 aliphatic heterocycles. The van der Waals surface area contributed by atoms with Crippen molar-refractivity contribution in [2.75, 3.05) is 19.0 Å². The molecule has 13 heavy (non-hydrogen) atoms. The molecule has 0 amide bonds. The Labute approximate surface area is 83.9 Å². The number of aliphatic hydroxyl groups excluding tert-OH is 1. The molecule has 1 N–H and O–H groups in total. The lowest BCUT2D eigenvalue weighted by Gasteiger charge is -2.12. The molecule has 0 aromatic rings. The van der Waals surface area contributed by atoms with Gasteiger partial charge in [-0.05, 0) is 6.92 Å². The molecule has 0 fully saturated rings. The van der Waals surface area contributed by atoms with Crippen LogP contribution in [-0.2, 0) is 9.53 Å². The highest BCUT2D eigenvalue weighted by Crippen LogP contribution is 2.15. The Hall–Kier alpha value is -0.220. The van der Waals surface area contributed by atoms with Crippen LogP contribution in [0.5, 0.6) is 0 Å². The maximum absolute atomic E-state index is 11.1. The first-order chi connectivity index (χ1) is 6.11. The van der Waals surface area contributed by atoms with Gasteiger partial charge in [0, 0.05) is 11.0 Å². The van der Waals surface area contributed by atoms with Gasteiger partial charge in [0.25, 0.3) is 0 Å². The Balaban J connectivity index is 3.60. The summed E-state index contributed by atoms with van der Waals surface area (Å²) in [5.41, 5.74) is 0. The van der Waals surface area contributed by atoms with Crippen LogP contribution in [0.1, 0.15) is 20.8 Å². The Morgan fingerprint density at radius 1 is 1.54 bits per heavy atom. The van der Waals surface area contributed by atoms with Gasteiger partial charge in [0.2, 0.25) is 0 Å². The molecule has 0 heterocycles. The van der Waals surface area contributed by atoms with E-state index in [2.05, 4.69) is 0 Å². The Morgan fingerprint density at radius 2 is 2.15 bits per heavy atom. The molecule has 0 radical (unpaired) electrons. The van der Waals surface area contributed by atoms with E-state index in [1.807, 2.05) is 13.8 Å². The van der Waals surface area contributed by atoms with Crippen molar-refractivity contribution in [3.63, 3.8) is 0 Å². The lowest BCUT2D eigenvalue weighted by Crippen LogP contribution is -2.18. The maximum atomic E-state index is 11.1. The highest BCUT2D eigenvalue weighted by atomic mass is 32.2. The second-order valence-corrected chi connectivity index (χ2v) is 4.45. The maximum Gasteiger partial charge on any atom is 0.309 e. The molecular weight excluding hydrogens is 188 g/mol. The topological polar surface area (TPSA) is 46.5 Å². The van der Waals surface area contributed by atoms with Gasteiger partial charge >= 0.3 is 5.97 Å². The lowest BCUT2D eigenvalue weighted by molar-refractivity contribution is -0.146. The summed E-state index contributed by atoms with van der Waals surface area (Å²) in [5, 5.41) is 8.94. The van der Waals surface area contributed by atoms with E-state index in [-0.39, 0.29) is 23.7 Å². The molecule has 0 aliphatic carbocycles. The standard InChI is InChI=1S/C9H18O3S/c1-4-12-9(11)7(2)6-13-8(3)5-10/h7-8,10H,4-6H2,1-3H3. The van der Waals surface area contributed by atoms with Crippen LogP contribution in [0.25, 0.3) is 0 Å². The van der Waals surface area contributed by atoms with Gasteiger partial charge in [0.15, 0.2) is 0 Å². The summed E-state index contributed by atoms with van der Waals surface area (Å²) in [6, 6.07) is 0. The van der Waals surface area contributed by atoms with Crippen LogP contribution in [0.3, 0.4) is 0 Å². The van der Waals surface area contributed by atoms with Gasteiger partial charge in [-0.2, -0.15) is 11.8 Å². The van der Waals surface area contributed by atoms with Gasteiger partial charge in [-0.25, -0.2) is 0 Å². The van der Waals surface area contributed by atoms with Crippen molar-refractivity contribution in [1.29, 1.82) is 0 Å². The number of rotatable bonds is 6. The SMILES string of the molecule is CCOC(=O)C(C)CSC(C)CO. The summed E-state index contributed by atoms with van der Waals surface area (Å²) in [4.78, 5) is 11.1. The molecule has 0 aromatic carbocycles. The third-order valence-corrected chi connectivity index (χ3v) is 2.99. The summed E-state index contributed by atoms with van der Waals surface area (Å²) in [6.07, 6.45) is 0. The number of esters is 1. The average molecular weight is 206 g/mol. The highest BCUT2D eigenvalue weighted by Gasteiger charge is 2.14. The lowest BCUT2D eigenvalue weighted by atomic mass is 10.2. The first-order valence-corrected chi connectivity index (χ1v) is 5.55. The van der Waals surface area contributed by atoms with E-state index < -0.39 is 0 Å². The van der Waals surface area contributed by atoms with E-state index in [1.54, 1.807) is 18.7 Å². The Morgan fingerprint density at radius 3 is 2.62 bits per heavy atom. The second-order valence-electron chi connectivity index (χ2n) is 2.98. The fourth-order valence-corrected chi connectivity index (χ4v) is 1.57. The smallest absolute Gasteiger partial charge is 0.309 e. The van der Waals surface area contributed by atoms with Crippen LogP contribution in [0, 0.1) is 5.92 Å². The quantitative estimate of drug-likeness (QED) is 0.665. The van der Waals surface area contributed by atoms with Gasteiger partial charge in [-0.3, -0.25) is 4.79 Å². The summed E-state index contributed by atoms with van der Waals surface area (Å²) < 4.78 is 4.85. The number of ether oxygens (including phenoxy) is 1. The van der Waals surface area contributed by atoms with Crippen LogP contribution in [-0.4, -0.2) is 35.3 Å². The molecule has 2 atom stereocenters. The minimum Gasteiger partial charge on any atom is -0.466 e. The van der Waals surface area contributed by atoms with E-state index in [0.717, 1.165) is 0 Å². The van der Waals surface area contributed by atoms with Crippen LogP contribution in [0.2, 0.25) is 0 Å². The van der Waals surface area contributed by atoms with Crippen LogP contribution in [0.15, 0.2) is 0 Å². The largest absolute Gasteiger partial charge is 0.466 e. The van der Waals surface area contributed by atoms with Crippen molar-refractivity contribution in [1.82, 2.24) is 0 Å². The number of carbonyl (C=O) groups is 1. The second kappa shape index (κ2) is 7.21. The monoisotopic (exact) mass is 206 g/mol. The zero-order valence-electron chi connectivity index (χ0n) is 8.45. The molecule has 78 valence electrons. The summed E-state index contributed by atoms with van der Waals surface area (Å²) >= 11 is 1.59. The Kier molecular flexibility index (Phi) is 7.09. The van der Waals surface area contributed by atoms with Gasteiger partial charge in [0.05, 0.1) is 19.1 Å². The zero-order valence-corrected chi connectivity index (χ0v) is 9.26. The first-order valence-electron chi connectivity index (χ1n) is 4.50.